The minimum Gasteiger partial charge on any atom is -0.466 e. The van der Waals surface area contributed by atoms with Gasteiger partial charge in [0, 0.05) is 16.7 Å². The summed E-state index contributed by atoms with van der Waals surface area (Å²) in [6.45, 7) is 3.61. The predicted octanol–water partition coefficient (Wildman–Crippen LogP) is 2.62. The van der Waals surface area contributed by atoms with Gasteiger partial charge in [0.05, 0.1) is 5.56 Å². The van der Waals surface area contributed by atoms with Crippen molar-refractivity contribution in [3.05, 3.63) is 29.3 Å². The average molecular weight is 276 g/mol. The Hall–Kier alpha value is -1.27. The molecule has 7 heteroatoms. The Bertz CT molecular complexity index is 641. The van der Waals surface area contributed by atoms with Gasteiger partial charge < -0.3 is 8.94 Å². The summed E-state index contributed by atoms with van der Waals surface area (Å²) in [6.07, 6.45) is 0. The van der Waals surface area contributed by atoms with Crippen LogP contribution in [0.5, 0.6) is 0 Å². The molecule has 0 aliphatic rings. The van der Waals surface area contributed by atoms with Gasteiger partial charge in [0.2, 0.25) is 9.05 Å². The summed E-state index contributed by atoms with van der Waals surface area (Å²) in [4.78, 5) is 0. The quantitative estimate of drug-likeness (QED) is 0.805. The molecule has 2 aromatic heterocycles. The summed E-state index contributed by atoms with van der Waals surface area (Å²) in [5, 5.41) is 3.65. The molecule has 92 valence electrons. The van der Waals surface area contributed by atoms with Crippen molar-refractivity contribution in [2.45, 2.75) is 19.6 Å². The predicted molar refractivity (Wildman–Crippen MR) is 62.2 cm³/mol. The highest BCUT2D eigenvalue weighted by Gasteiger charge is 2.16. The molecular weight excluding hydrogens is 266 g/mol. The van der Waals surface area contributed by atoms with Crippen molar-refractivity contribution in [1.29, 1.82) is 0 Å². The van der Waals surface area contributed by atoms with Gasteiger partial charge in [-0.05, 0) is 19.9 Å². The average Bonchev–Trinajstić information content (AvgIpc) is 2.70. The minimum absolute atomic E-state index is 0.272. The minimum atomic E-state index is -3.62. The molecule has 5 nitrogen and oxygen atoms in total. The molecule has 2 heterocycles. The Morgan fingerprint density at radius 3 is 2.59 bits per heavy atom. The van der Waals surface area contributed by atoms with Crippen LogP contribution in [0.25, 0.3) is 11.3 Å². The molecule has 2 rings (SSSR count). The number of hydrogen-bond acceptors (Lipinski definition) is 5. The molecule has 0 saturated heterocycles. The highest BCUT2D eigenvalue weighted by atomic mass is 35.7. The molecule has 0 aliphatic carbocycles. The maximum atomic E-state index is 10.9. The van der Waals surface area contributed by atoms with Crippen molar-refractivity contribution < 1.29 is 17.4 Å². The molecule has 0 amide bonds. The lowest BCUT2D eigenvalue weighted by Gasteiger charge is -1.89. The fourth-order valence-electron chi connectivity index (χ4n) is 1.56. The van der Waals surface area contributed by atoms with E-state index in [1.165, 1.54) is 6.07 Å². The number of aryl methyl sites for hydroxylation is 2. The van der Waals surface area contributed by atoms with Crippen LogP contribution in [-0.4, -0.2) is 13.6 Å². The highest BCUT2D eigenvalue weighted by Crippen LogP contribution is 2.27. The van der Waals surface area contributed by atoms with Gasteiger partial charge in [-0.2, -0.15) is 0 Å². The van der Waals surface area contributed by atoms with E-state index < -0.39 is 9.05 Å². The molecule has 0 unspecified atom stereocenters. The van der Waals surface area contributed by atoms with Crippen LogP contribution in [0.15, 0.2) is 21.1 Å². The van der Waals surface area contributed by atoms with Gasteiger partial charge in [0.15, 0.2) is 5.76 Å². The van der Waals surface area contributed by atoms with E-state index in [-0.39, 0.29) is 11.4 Å². The lowest BCUT2D eigenvalue weighted by atomic mass is 10.2. The Labute approximate surface area is 103 Å². The third-order valence-corrected chi connectivity index (χ3v) is 3.15. The van der Waals surface area contributed by atoms with Gasteiger partial charge in [0.25, 0.3) is 0 Å². The number of nitrogens with zero attached hydrogens (tertiary/aromatic N) is 1. The molecule has 0 spiro atoms. The van der Waals surface area contributed by atoms with E-state index in [4.69, 9.17) is 19.6 Å². The fourth-order valence-corrected chi connectivity index (χ4v) is 2.38. The van der Waals surface area contributed by atoms with Crippen LogP contribution in [-0.2, 0) is 14.8 Å². The second-order valence-electron chi connectivity index (χ2n) is 3.69. The maximum absolute atomic E-state index is 10.9. The van der Waals surface area contributed by atoms with Crippen molar-refractivity contribution in [3.8, 4) is 11.3 Å². The first kappa shape index (κ1) is 12.2. The summed E-state index contributed by atoms with van der Waals surface area (Å²) in [5.41, 5.74) is 1.03. The van der Waals surface area contributed by atoms with Crippen LogP contribution in [0.3, 0.4) is 0 Å². The van der Waals surface area contributed by atoms with Crippen molar-refractivity contribution >= 4 is 19.7 Å². The number of furan rings is 1. The molecule has 17 heavy (non-hydrogen) atoms. The van der Waals surface area contributed by atoms with Gasteiger partial charge in [-0.25, -0.2) is 8.42 Å². The summed E-state index contributed by atoms with van der Waals surface area (Å²) in [6, 6.07) is 3.34. The molecular formula is C10H10ClNO4S. The molecule has 0 bridgehead atoms. The third-order valence-electron chi connectivity index (χ3n) is 2.19. The maximum Gasteiger partial charge on any atom is 0.238 e. The van der Waals surface area contributed by atoms with Crippen molar-refractivity contribution in [2.24, 2.45) is 0 Å². The Morgan fingerprint density at radius 2 is 2.06 bits per heavy atom. The summed E-state index contributed by atoms with van der Waals surface area (Å²) >= 11 is 0. The first-order valence-corrected chi connectivity index (χ1v) is 7.28. The van der Waals surface area contributed by atoms with Crippen LogP contribution >= 0.6 is 10.7 Å². The van der Waals surface area contributed by atoms with Gasteiger partial charge in [-0.15, -0.1) is 0 Å². The van der Waals surface area contributed by atoms with E-state index in [1.807, 2.05) is 6.92 Å². The summed E-state index contributed by atoms with van der Waals surface area (Å²) in [5.74, 6) is 1.56. The second-order valence-corrected chi connectivity index (χ2v) is 6.47. The Balaban J connectivity index is 2.33. The zero-order valence-corrected chi connectivity index (χ0v) is 10.8. The van der Waals surface area contributed by atoms with Crippen molar-refractivity contribution in [2.75, 3.05) is 0 Å². The molecule has 0 atom stereocenters. The summed E-state index contributed by atoms with van der Waals surface area (Å²) in [7, 11) is 1.51. The monoisotopic (exact) mass is 275 g/mol. The van der Waals surface area contributed by atoms with Crippen LogP contribution in [0.2, 0.25) is 0 Å². The first-order chi connectivity index (χ1) is 7.85. The first-order valence-electron chi connectivity index (χ1n) is 4.80. The van der Waals surface area contributed by atoms with E-state index in [2.05, 4.69) is 5.16 Å². The number of rotatable bonds is 3. The zero-order valence-electron chi connectivity index (χ0n) is 9.23. The van der Waals surface area contributed by atoms with E-state index >= 15 is 0 Å². The van der Waals surface area contributed by atoms with Crippen LogP contribution in [0, 0.1) is 13.8 Å². The lowest BCUT2D eigenvalue weighted by molar-refractivity contribution is 0.424. The molecule has 2 aromatic rings. The third kappa shape index (κ3) is 2.89. The van der Waals surface area contributed by atoms with Crippen molar-refractivity contribution in [1.82, 2.24) is 5.16 Å². The Morgan fingerprint density at radius 1 is 1.35 bits per heavy atom. The topological polar surface area (TPSA) is 73.3 Å². The zero-order chi connectivity index (χ0) is 12.6. The van der Waals surface area contributed by atoms with Gasteiger partial charge in [-0.3, -0.25) is 0 Å². The SMILES string of the molecule is Cc1cc(-c2cc(CS(=O)(=O)Cl)no2)c(C)o1. The normalized spacial score (nSPS) is 11.9. The fraction of sp³-hybridized carbons (Fsp3) is 0.300. The van der Waals surface area contributed by atoms with Crippen LogP contribution in [0.4, 0.5) is 0 Å². The summed E-state index contributed by atoms with van der Waals surface area (Å²) < 4.78 is 32.2. The number of halogens is 1. The Kier molecular flexibility index (Phi) is 3.01. The van der Waals surface area contributed by atoms with E-state index in [1.54, 1.807) is 13.0 Å². The molecule has 0 N–H and O–H groups in total. The van der Waals surface area contributed by atoms with Crippen molar-refractivity contribution in [3.63, 3.8) is 0 Å². The molecule has 0 aliphatic heterocycles. The van der Waals surface area contributed by atoms with Gasteiger partial charge >= 0.3 is 0 Å². The van der Waals surface area contributed by atoms with E-state index in [0.717, 1.165) is 11.3 Å². The van der Waals surface area contributed by atoms with Gasteiger partial charge in [-0.1, -0.05) is 5.16 Å². The smallest absolute Gasteiger partial charge is 0.238 e. The largest absolute Gasteiger partial charge is 0.466 e. The molecule has 0 fully saturated rings. The number of aromatic nitrogens is 1. The van der Waals surface area contributed by atoms with Crippen LogP contribution < -0.4 is 0 Å². The lowest BCUT2D eigenvalue weighted by Crippen LogP contribution is -1.94. The number of hydrogen-bond donors (Lipinski definition) is 0. The van der Waals surface area contributed by atoms with Gasteiger partial charge in [0.1, 0.15) is 23.0 Å². The van der Waals surface area contributed by atoms with E-state index in [0.29, 0.717) is 11.5 Å². The molecule has 0 radical (unpaired) electrons. The molecule has 0 saturated carbocycles. The van der Waals surface area contributed by atoms with Crippen LogP contribution in [0.1, 0.15) is 17.2 Å². The second kappa shape index (κ2) is 4.19. The molecule has 0 aromatic carbocycles. The van der Waals surface area contributed by atoms with E-state index in [9.17, 15) is 8.42 Å². The standard InChI is InChI=1S/C10H10ClNO4S/c1-6-3-9(7(2)15-6)10-4-8(12-16-10)5-17(11,13)14/h3-4H,5H2,1-2H3. The highest BCUT2D eigenvalue weighted by molar-refractivity contribution is 8.13.